The summed E-state index contributed by atoms with van der Waals surface area (Å²) in [6.45, 7) is 5.22. The highest BCUT2D eigenvalue weighted by molar-refractivity contribution is 7.89. The van der Waals surface area contributed by atoms with Gasteiger partial charge < -0.3 is 5.32 Å². The second-order valence-electron chi connectivity index (χ2n) is 6.94. The molecule has 1 amide bonds. The van der Waals surface area contributed by atoms with Crippen molar-refractivity contribution in [3.05, 3.63) is 42.5 Å². The first-order valence-electron chi connectivity index (χ1n) is 9.09. The van der Waals surface area contributed by atoms with E-state index in [1.54, 1.807) is 0 Å². The molecule has 2 aromatic rings. The molecule has 0 aromatic heterocycles. The number of fused-ring (bicyclic) bond motifs is 1. The maximum atomic E-state index is 12.7. The van der Waals surface area contributed by atoms with Crippen LogP contribution in [-0.4, -0.2) is 68.6 Å². The maximum absolute atomic E-state index is 12.7. The Labute approximate surface area is 160 Å². The number of rotatable bonds is 6. The quantitative estimate of drug-likeness (QED) is 0.769. The van der Waals surface area contributed by atoms with Crippen molar-refractivity contribution in [1.29, 1.82) is 0 Å². The first-order valence-corrected chi connectivity index (χ1v) is 10.8. The number of nitrogens with two attached hydrogens (primary N) is 1. The fourth-order valence-electron chi connectivity index (χ4n) is 3.37. The first-order chi connectivity index (χ1) is 12.8. The third-order valence-corrected chi connectivity index (χ3v) is 5.83. The van der Waals surface area contributed by atoms with E-state index >= 15 is 0 Å². The number of benzene rings is 2. The molecule has 1 atom stereocenters. The summed E-state index contributed by atoms with van der Waals surface area (Å²) in [7, 11) is -3.44. The summed E-state index contributed by atoms with van der Waals surface area (Å²) in [5, 5.41) is 10.2. The second-order valence-corrected chi connectivity index (χ2v) is 8.67. The number of carbonyl (C=O) groups excluding carboxylic acids is 1. The molecule has 3 rings (SSSR count). The zero-order chi connectivity index (χ0) is 19.4. The van der Waals surface area contributed by atoms with Crippen molar-refractivity contribution in [2.75, 3.05) is 43.8 Å². The van der Waals surface area contributed by atoms with Crippen molar-refractivity contribution in [3.8, 4) is 0 Å². The van der Waals surface area contributed by atoms with E-state index in [1.165, 1.54) is 0 Å². The molecule has 1 heterocycles. The molecule has 0 radical (unpaired) electrons. The number of carbonyl (C=O) groups is 1. The van der Waals surface area contributed by atoms with Crippen LogP contribution in [0, 0.1) is 0 Å². The Balaban J connectivity index is 1.57. The molecule has 1 aliphatic rings. The van der Waals surface area contributed by atoms with E-state index in [2.05, 4.69) is 15.1 Å². The van der Waals surface area contributed by atoms with Gasteiger partial charge in [0.15, 0.2) is 0 Å². The lowest BCUT2D eigenvalue weighted by atomic mass is 10.1. The number of anilines is 1. The lowest BCUT2D eigenvalue weighted by Gasteiger charge is -2.37. The Hall–Kier alpha value is -2.00. The second kappa shape index (κ2) is 8.35. The Morgan fingerprint density at radius 3 is 2.48 bits per heavy atom. The molecule has 8 heteroatoms. The van der Waals surface area contributed by atoms with E-state index in [4.69, 9.17) is 5.14 Å². The van der Waals surface area contributed by atoms with Gasteiger partial charge in [-0.05, 0) is 18.4 Å². The SMILES string of the molecule is C[C@@H](C(=O)Nc1cccc2ccccc12)N1CCN(CCS(N)(=O)=O)CC1. The number of sulfonamides is 1. The fourth-order valence-corrected chi connectivity index (χ4v) is 3.88. The Bertz CT molecular complexity index is 903. The minimum absolute atomic E-state index is 0.0376. The molecule has 0 saturated carbocycles. The van der Waals surface area contributed by atoms with E-state index in [-0.39, 0.29) is 17.7 Å². The van der Waals surface area contributed by atoms with Gasteiger partial charge in [0.2, 0.25) is 15.9 Å². The predicted molar refractivity (Wildman–Crippen MR) is 108 cm³/mol. The van der Waals surface area contributed by atoms with Crippen molar-refractivity contribution in [2.45, 2.75) is 13.0 Å². The highest BCUT2D eigenvalue weighted by atomic mass is 32.2. The zero-order valence-electron chi connectivity index (χ0n) is 15.5. The molecule has 1 saturated heterocycles. The number of nitrogens with zero attached hydrogens (tertiary/aromatic N) is 2. The first kappa shape index (κ1) is 19.8. The van der Waals surface area contributed by atoms with E-state index in [0.717, 1.165) is 42.6 Å². The van der Waals surface area contributed by atoms with Crippen molar-refractivity contribution in [2.24, 2.45) is 5.14 Å². The number of amides is 1. The van der Waals surface area contributed by atoms with Gasteiger partial charge in [0.1, 0.15) is 0 Å². The zero-order valence-corrected chi connectivity index (χ0v) is 16.3. The average Bonchev–Trinajstić information content (AvgIpc) is 2.66. The molecular formula is C19H26N4O3S. The number of nitrogens with one attached hydrogen (secondary N) is 1. The summed E-state index contributed by atoms with van der Waals surface area (Å²) in [4.78, 5) is 16.9. The van der Waals surface area contributed by atoms with Crippen LogP contribution in [0.5, 0.6) is 0 Å². The minimum Gasteiger partial charge on any atom is -0.324 e. The topological polar surface area (TPSA) is 95.7 Å². The Kier molecular flexibility index (Phi) is 6.11. The van der Waals surface area contributed by atoms with Gasteiger partial charge in [0, 0.05) is 43.8 Å². The molecule has 3 N–H and O–H groups in total. The van der Waals surface area contributed by atoms with Crippen LogP contribution in [-0.2, 0) is 14.8 Å². The normalized spacial score (nSPS) is 17.7. The van der Waals surface area contributed by atoms with Crippen molar-refractivity contribution >= 4 is 32.4 Å². The minimum atomic E-state index is -3.44. The molecule has 0 spiro atoms. The van der Waals surface area contributed by atoms with Gasteiger partial charge in [-0.1, -0.05) is 36.4 Å². The summed E-state index contributed by atoms with van der Waals surface area (Å²) in [6.07, 6.45) is 0. The van der Waals surface area contributed by atoms with Crippen LogP contribution in [0.25, 0.3) is 10.8 Å². The van der Waals surface area contributed by atoms with Crippen molar-refractivity contribution < 1.29 is 13.2 Å². The van der Waals surface area contributed by atoms with Gasteiger partial charge in [-0.15, -0.1) is 0 Å². The van der Waals surface area contributed by atoms with Crippen LogP contribution in [0.4, 0.5) is 5.69 Å². The number of piperazine rings is 1. The lowest BCUT2D eigenvalue weighted by molar-refractivity contribution is -0.121. The molecule has 7 nitrogen and oxygen atoms in total. The average molecular weight is 391 g/mol. The van der Waals surface area contributed by atoms with Gasteiger partial charge in [-0.25, -0.2) is 13.6 Å². The highest BCUT2D eigenvalue weighted by Crippen LogP contribution is 2.23. The van der Waals surface area contributed by atoms with Gasteiger partial charge in [-0.2, -0.15) is 0 Å². The highest BCUT2D eigenvalue weighted by Gasteiger charge is 2.26. The van der Waals surface area contributed by atoms with Gasteiger partial charge in [-0.3, -0.25) is 14.6 Å². The van der Waals surface area contributed by atoms with Crippen molar-refractivity contribution in [1.82, 2.24) is 9.80 Å². The number of primary sulfonamides is 1. The largest absolute Gasteiger partial charge is 0.324 e. The molecule has 0 aliphatic carbocycles. The van der Waals surface area contributed by atoms with E-state index < -0.39 is 10.0 Å². The molecule has 146 valence electrons. The summed E-state index contributed by atoms with van der Waals surface area (Å²) in [5.74, 6) is -0.0752. The number of hydrogen-bond donors (Lipinski definition) is 2. The maximum Gasteiger partial charge on any atom is 0.241 e. The monoisotopic (exact) mass is 390 g/mol. The van der Waals surface area contributed by atoms with Crippen LogP contribution in [0.15, 0.2) is 42.5 Å². The van der Waals surface area contributed by atoms with E-state index in [9.17, 15) is 13.2 Å². The predicted octanol–water partition coefficient (Wildman–Crippen LogP) is 1.07. The Morgan fingerprint density at radius 1 is 1.11 bits per heavy atom. The molecule has 0 unspecified atom stereocenters. The van der Waals surface area contributed by atoms with Gasteiger partial charge in [0.05, 0.1) is 11.8 Å². The summed E-state index contributed by atoms with van der Waals surface area (Å²) in [6, 6.07) is 13.6. The van der Waals surface area contributed by atoms with Crippen LogP contribution in [0.3, 0.4) is 0 Å². The summed E-state index contributed by atoms with van der Waals surface area (Å²) in [5.41, 5.74) is 0.816. The standard InChI is InChI=1S/C19H26N4O3S/c1-15(23-11-9-22(10-12-23)13-14-27(20,25)26)19(24)21-18-8-4-6-16-5-2-3-7-17(16)18/h2-8,15H,9-14H2,1H3,(H,21,24)(H2,20,25,26)/t15-/m0/s1. The Morgan fingerprint density at radius 2 is 1.78 bits per heavy atom. The third kappa shape index (κ3) is 5.26. The molecule has 1 aliphatic heterocycles. The fraction of sp³-hybridized carbons (Fsp3) is 0.421. The van der Waals surface area contributed by atoms with Crippen LogP contribution in [0.2, 0.25) is 0 Å². The summed E-state index contributed by atoms with van der Waals surface area (Å²) >= 11 is 0. The van der Waals surface area contributed by atoms with Gasteiger partial charge in [0.25, 0.3) is 0 Å². The van der Waals surface area contributed by atoms with E-state index in [1.807, 2.05) is 49.4 Å². The molecule has 27 heavy (non-hydrogen) atoms. The van der Waals surface area contributed by atoms with Crippen LogP contribution < -0.4 is 10.5 Å². The lowest BCUT2D eigenvalue weighted by Crippen LogP contribution is -2.53. The molecular weight excluding hydrogens is 364 g/mol. The van der Waals surface area contributed by atoms with Crippen molar-refractivity contribution in [3.63, 3.8) is 0 Å². The van der Waals surface area contributed by atoms with E-state index in [0.29, 0.717) is 6.54 Å². The van der Waals surface area contributed by atoms with Crippen LogP contribution in [0.1, 0.15) is 6.92 Å². The third-order valence-electron chi connectivity index (χ3n) is 5.07. The molecule has 2 aromatic carbocycles. The van der Waals surface area contributed by atoms with Gasteiger partial charge >= 0.3 is 0 Å². The van der Waals surface area contributed by atoms with Crippen LogP contribution >= 0.6 is 0 Å². The summed E-state index contributed by atoms with van der Waals surface area (Å²) < 4.78 is 22.2. The smallest absolute Gasteiger partial charge is 0.241 e. The molecule has 1 fully saturated rings. The number of hydrogen-bond acceptors (Lipinski definition) is 5. The molecule has 0 bridgehead atoms.